The fraction of sp³-hybridized carbons (Fsp3) is 0.257. The maximum absolute atomic E-state index is 14.1. The van der Waals surface area contributed by atoms with Gasteiger partial charge in [0.05, 0.1) is 6.10 Å². The monoisotopic (exact) mass is 537 g/mol. The second-order valence-electron chi connectivity index (χ2n) is 10.0. The largest absolute Gasteiger partial charge is 0.514 e. The minimum absolute atomic E-state index is 0. The number of rotatable bonds is 8. The van der Waals surface area contributed by atoms with E-state index in [1.54, 1.807) is 32.1 Å². The van der Waals surface area contributed by atoms with Crippen LogP contribution in [0.5, 0.6) is 5.75 Å². The number of hydrogen-bond acceptors (Lipinski definition) is 4. The molecule has 5 nitrogen and oxygen atoms in total. The fourth-order valence-electron chi connectivity index (χ4n) is 5.04. The third kappa shape index (κ3) is 5.50. The first-order valence-electron chi connectivity index (χ1n) is 13.2. The number of carbonyl (C=O) groups is 2. The van der Waals surface area contributed by atoms with Gasteiger partial charge in [-0.15, -0.1) is 0 Å². The molecule has 4 rings (SSSR count). The minimum atomic E-state index is -0.984. The molecule has 5 heteroatoms. The maximum Gasteiger partial charge on any atom is 0.514 e. The van der Waals surface area contributed by atoms with Crippen LogP contribution in [0.4, 0.5) is 4.79 Å². The lowest BCUT2D eigenvalue weighted by molar-refractivity contribution is 0.0728. The average molecular weight is 538 g/mol. The Balaban J connectivity index is 0.00000441. The Bertz CT molecular complexity index is 1410. The van der Waals surface area contributed by atoms with Gasteiger partial charge in [-0.3, -0.25) is 9.69 Å². The van der Waals surface area contributed by atoms with Crippen molar-refractivity contribution in [3.8, 4) is 5.75 Å². The molecular weight excluding hydrogens is 498 g/mol. The van der Waals surface area contributed by atoms with Gasteiger partial charge < -0.3 is 9.47 Å². The zero-order valence-corrected chi connectivity index (χ0v) is 23.2. The van der Waals surface area contributed by atoms with Crippen LogP contribution in [0.25, 0.3) is 0 Å². The molecule has 0 aliphatic carbocycles. The molecule has 0 saturated carbocycles. The summed E-state index contributed by atoms with van der Waals surface area (Å²) in [7, 11) is 0. The molecule has 1 atom stereocenters. The molecule has 0 N–H and O–H groups in total. The Kier molecular flexibility index (Phi) is 9.54. The highest BCUT2D eigenvalue weighted by Gasteiger charge is 2.53. The summed E-state index contributed by atoms with van der Waals surface area (Å²) in [4.78, 5) is 28.1. The van der Waals surface area contributed by atoms with E-state index in [1.807, 2.05) is 66.4 Å². The number of amides is 1. The predicted octanol–water partition coefficient (Wildman–Crippen LogP) is 8.76. The zero-order chi connectivity index (χ0) is 28.2. The van der Waals surface area contributed by atoms with Gasteiger partial charge in [0.25, 0.3) is 5.91 Å². The minimum Gasteiger partial charge on any atom is -0.431 e. The third-order valence-corrected chi connectivity index (χ3v) is 6.81. The van der Waals surface area contributed by atoms with Gasteiger partial charge in [0.2, 0.25) is 0 Å². The SMILES string of the molecule is C.C=C/C(=C\C=C/C)N1C(=O)c2ccccc2C1(c1ccc(OC(=O)OC(C)C)cc1)c1ccc(C(C)C)cc1. The van der Waals surface area contributed by atoms with E-state index in [1.165, 1.54) is 5.56 Å². The number of hydrogen-bond donors (Lipinski definition) is 0. The lowest BCUT2D eigenvalue weighted by Crippen LogP contribution is -2.44. The molecule has 0 fully saturated rings. The number of nitrogens with zero attached hydrogens (tertiary/aromatic N) is 1. The van der Waals surface area contributed by atoms with E-state index in [2.05, 4.69) is 44.7 Å². The molecule has 0 aromatic heterocycles. The Labute approximate surface area is 238 Å². The van der Waals surface area contributed by atoms with Gasteiger partial charge in [-0.25, -0.2) is 4.79 Å². The lowest BCUT2D eigenvalue weighted by atomic mass is 9.76. The lowest BCUT2D eigenvalue weighted by Gasteiger charge is -2.41. The second kappa shape index (κ2) is 12.6. The normalized spacial score (nSPS) is 16.7. The molecule has 1 aliphatic heterocycles. The predicted molar refractivity (Wildman–Crippen MR) is 162 cm³/mol. The van der Waals surface area contributed by atoms with E-state index >= 15 is 0 Å². The van der Waals surface area contributed by atoms with Crippen molar-refractivity contribution < 1.29 is 19.1 Å². The van der Waals surface area contributed by atoms with Crippen molar-refractivity contribution in [1.29, 1.82) is 0 Å². The summed E-state index contributed by atoms with van der Waals surface area (Å²) in [6.45, 7) is 13.8. The Morgan fingerprint density at radius 2 is 1.52 bits per heavy atom. The summed E-state index contributed by atoms with van der Waals surface area (Å²) in [6, 6.07) is 23.4. The molecule has 3 aromatic carbocycles. The summed E-state index contributed by atoms with van der Waals surface area (Å²) < 4.78 is 10.5. The van der Waals surface area contributed by atoms with Crippen LogP contribution < -0.4 is 4.74 Å². The Morgan fingerprint density at radius 1 is 0.925 bits per heavy atom. The van der Waals surface area contributed by atoms with E-state index in [0.29, 0.717) is 22.9 Å². The number of carbonyl (C=O) groups excluding carboxylic acids is 2. The first-order valence-corrected chi connectivity index (χ1v) is 13.2. The second-order valence-corrected chi connectivity index (χ2v) is 10.0. The van der Waals surface area contributed by atoms with Crippen molar-refractivity contribution in [2.24, 2.45) is 0 Å². The summed E-state index contributed by atoms with van der Waals surface area (Å²) >= 11 is 0. The van der Waals surface area contributed by atoms with E-state index in [4.69, 9.17) is 9.47 Å². The Morgan fingerprint density at radius 3 is 2.08 bits per heavy atom. The van der Waals surface area contributed by atoms with Crippen molar-refractivity contribution in [2.45, 2.75) is 59.6 Å². The maximum atomic E-state index is 14.1. The van der Waals surface area contributed by atoms with Gasteiger partial charge in [0.15, 0.2) is 0 Å². The quantitative estimate of drug-likeness (QED) is 0.164. The summed E-state index contributed by atoms with van der Waals surface area (Å²) in [5, 5.41) is 0. The number of fused-ring (bicyclic) bond motifs is 1. The van der Waals surface area contributed by atoms with Gasteiger partial charge in [0, 0.05) is 11.3 Å². The molecule has 0 spiro atoms. The van der Waals surface area contributed by atoms with Gasteiger partial charge in [0.1, 0.15) is 11.3 Å². The highest BCUT2D eigenvalue weighted by molar-refractivity contribution is 6.03. The number of benzene rings is 3. The molecule has 3 aromatic rings. The van der Waals surface area contributed by atoms with Crippen molar-refractivity contribution in [3.05, 3.63) is 137 Å². The first-order chi connectivity index (χ1) is 18.7. The molecule has 1 heterocycles. The highest BCUT2D eigenvalue weighted by atomic mass is 16.7. The third-order valence-electron chi connectivity index (χ3n) is 6.81. The first kappa shape index (κ1) is 30.2. The fourth-order valence-corrected chi connectivity index (χ4v) is 5.04. The molecule has 40 heavy (non-hydrogen) atoms. The average Bonchev–Trinajstić information content (AvgIpc) is 3.18. The molecule has 1 aliphatic rings. The van der Waals surface area contributed by atoms with Crippen LogP contribution in [0.3, 0.4) is 0 Å². The molecule has 1 amide bonds. The Hall–Kier alpha value is -4.38. The summed E-state index contributed by atoms with van der Waals surface area (Å²) in [5.74, 6) is 0.603. The van der Waals surface area contributed by atoms with Crippen LogP contribution in [-0.2, 0) is 10.3 Å². The van der Waals surface area contributed by atoms with Crippen LogP contribution in [0, 0.1) is 0 Å². The van der Waals surface area contributed by atoms with Crippen LogP contribution >= 0.6 is 0 Å². The number of allylic oxidation sites excluding steroid dienone is 4. The van der Waals surface area contributed by atoms with E-state index in [-0.39, 0.29) is 19.4 Å². The van der Waals surface area contributed by atoms with E-state index in [0.717, 1.165) is 16.7 Å². The van der Waals surface area contributed by atoms with Gasteiger partial charge in [-0.05, 0) is 79.3 Å². The topological polar surface area (TPSA) is 55.8 Å². The highest BCUT2D eigenvalue weighted by Crippen LogP contribution is 2.51. The van der Waals surface area contributed by atoms with Crippen LogP contribution in [-0.4, -0.2) is 23.1 Å². The van der Waals surface area contributed by atoms with Crippen LogP contribution in [0.1, 0.15) is 80.6 Å². The van der Waals surface area contributed by atoms with Crippen molar-refractivity contribution in [2.75, 3.05) is 0 Å². The molecule has 1 unspecified atom stereocenters. The molecule has 0 saturated heterocycles. The van der Waals surface area contributed by atoms with Gasteiger partial charge in [-0.2, -0.15) is 0 Å². The molecule has 0 radical (unpaired) electrons. The van der Waals surface area contributed by atoms with Gasteiger partial charge >= 0.3 is 6.16 Å². The molecular formula is C35H39NO4. The smallest absolute Gasteiger partial charge is 0.431 e. The molecule has 208 valence electrons. The van der Waals surface area contributed by atoms with E-state index < -0.39 is 11.7 Å². The van der Waals surface area contributed by atoms with Crippen molar-refractivity contribution >= 4 is 12.1 Å². The summed E-state index contributed by atoms with van der Waals surface area (Å²) in [5.41, 5.74) is 4.17. The molecule has 0 bridgehead atoms. The van der Waals surface area contributed by atoms with Crippen molar-refractivity contribution in [1.82, 2.24) is 4.90 Å². The summed E-state index contributed by atoms with van der Waals surface area (Å²) in [6.07, 6.45) is 6.37. The van der Waals surface area contributed by atoms with Gasteiger partial charge in [-0.1, -0.05) is 94.6 Å². The van der Waals surface area contributed by atoms with Crippen molar-refractivity contribution in [3.63, 3.8) is 0 Å². The van der Waals surface area contributed by atoms with Crippen LogP contribution in [0.2, 0.25) is 0 Å². The van der Waals surface area contributed by atoms with Crippen LogP contribution in [0.15, 0.2) is 109 Å². The standard InChI is InChI=1S/C34H35NO4.CH4/c1-7-9-12-28(8-2)35-32(36)30-13-10-11-14-31(30)34(35,26-17-15-25(16-18-26)23(3)4)27-19-21-29(22-20-27)39-33(37)38-24(5)6;/h7-24H,2H2,1,3-6H3;1H4/b9-7-,28-12+;. The van der Waals surface area contributed by atoms with E-state index in [9.17, 15) is 9.59 Å². The zero-order valence-electron chi connectivity index (χ0n) is 23.2. The number of ether oxygens (including phenoxy) is 2.